The molecule has 84 valence electrons. The first-order chi connectivity index (χ1) is 6.45. The van der Waals surface area contributed by atoms with E-state index in [1.165, 1.54) is 0 Å². The Morgan fingerprint density at radius 2 is 1.57 bits per heavy atom. The normalized spacial score (nSPS) is 29.1. The molecule has 0 aromatic heterocycles. The summed E-state index contributed by atoms with van der Waals surface area (Å²) < 4.78 is 15.1. The lowest BCUT2D eigenvalue weighted by molar-refractivity contribution is 0.102. The topological polar surface area (TPSA) is 74.8 Å². The van der Waals surface area contributed by atoms with Crippen molar-refractivity contribution in [2.45, 2.75) is 12.2 Å². The van der Waals surface area contributed by atoms with Crippen LogP contribution in [-0.4, -0.2) is 48.4 Å². The van der Waals surface area contributed by atoms with E-state index in [1.807, 2.05) is 0 Å². The van der Waals surface area contributed by atoms with E-state index in [4.69, 9.17) is 24.0 Å². The zero-order chi connectivity index (χ0) is 10.6. The maximum absolute atomic E-state index is 7.87. The van der Waals surface area contributed by atoms with E-state index >= 15 is 0 Å². The van der Waals surface area contributed by atoms with Gasteiger partial charge in [-0.15, -0.1) is 0 Å². The van der Waals surface area contributed by atoms with Gasteiger partial charge in [-0.25, -0.2) is 0 Å². The van der Waals surface area contributed by atoms with Gasteiger partial charge in [0.25, 0.3) is 0 Å². The first-order valence-electron chi connectivity index (χ1n) is 4.04. The van der Waals surface area contributed by atoms with Crippen LogP contribution in [-0.2, 0) is 26.0 Å². The number of hydrogen-bond donors (Lipinski definition) is 3. The SMILES string of the molecule is C(OCC1CO1)C1CO1.OP(O)(=S)S. The summed E-state index contributed by atoms with van der Waals surface area (Å²) in [4.78, 5) is 15.7. The molecule has 0 amide bonds. The summed E-state index contributed by atoms with van der Waals surface area (Å²) in [6.07, 6.45) is 0.785. The number of epoxide rings is 2. The lowest BCUT2D eigenvalue weighted by Crippen LogP contribution is -2.06. The van der Waals surface area contributed by atoms with Crippen molar-refractivity contribution in [3.8, 4) is 0 Å². The van der Waals surface area contributed by atoms with Gasteiger partial charge in [0.2, 0.25) is 5.69 Å². The van der Waals surface area contributed by atoms with Gasteiger partial charge in [-0.3, -0.25) is 0 Å². The predicted molar refractivity (Wildman–Crippen MR) is 58.0 cm³/mol. The third-order valence-corrected chi connectivity index (χ3v) is 1.41. The summed E-state index contributed by atoms with van der Waals surface area (Å²) in [5.74, 6) is 0. The smallest absolute Gasteiger partial charge is 0.239 e. The van der Waals surface area contributed by atoms with Crippen molar-refractivity contribution in [1.82, 2.24) is 0 Å². The van der Waals surface area contributed by atoms with Crippen LogP contribution in [0.3, 0.4) is 0 Å². The zero-order valence-corrected chi connectivity index (χ0v) is 10.0. The summed E-state index contributed by atoms with van der Waals surface area (Å²) in [6, 6.07) is 0. The summed E-state index contributed by atoms with van der Waals surface area (Å²) in [6.45, 7) is 3.26. The van der Waals surface area contributed by atoms with Gasteiger partial charge in [-0.05, 0) is 11.8 Å². The van der Waals surface area contributed by atoms with Crippen LogP contribution in [0.4, 0.5) is 0 Å². The molecule has 2 heterocycles. The fourth-order valence-corrected chi connectivity index (χ4v) is 0.659. The molecule has 2 unspecified atom stereocenters. The van der Waals surface area contributed by atoms with Crippen LogP contribution in [0.25, 0.3) is 0 Å². The number of thiol groups is 1. The van der Waals surface area contributed by atoms with E-state index < -0.39 is 5.69 Å². The van der Waals surface area contributed by atoms with Crippen LogP contribution in [0, 0.1) is 0 Å². The second-order valence-corrected chi connectivity index (χ2v) is 8.00. The van der Waals surface area contributed by atoms with Crippen LogP contribution in [0.1, 0.15) is 0 Å². The maximum atomic E-state index is 7.87. The average molecular weight is 260 g/mol. The molecule has 0 radical (unpaired) electrons. The van der Waals surface area contributed by atoms with E-state index in [9.17, 15) is 0 Å². The van der Waals surface area contributed by atoms with Gasteiger partial charge in [0.15, 0.2) is 0 Å². The number of ether oxygens (including phenoxy) is 3. The molecule has 2 aliphatic heterocycles. The minimum atomic E-state index is -3.11. The second kappa shape index (κ2) is 5.77. The largest absolute Gasteiger partial charge is 0.376 e. The summed E-state index contributed by atoms with van der Waals surface area (Å²) in [5, 5.41) is 0. The molecule has 14 heavy (non-hydrogen) atoms. The number of hydrogen-bond acceptors (Lipinski definition) is 4. The van der Waals surface area contributed by atoms with E-state index in [-0.39, 0.29) is 0 Å². The first-order valence-corrected chi connectivity index (χ1v) is 7.90. The first kappa shape index (κ1) is 12.9. The van der Waals surface area contributed by atoms with Crippen molar-refractivity contribution >= 4 is 29.7 Å². The molecule has 2 saturated heterocycles. The molecule has 0 spiro atoms. The van der Waals surface area contributed by atoms with Crippen molar-refractivity contribution in [2.24, 2.45) is 0 Å². The molecule has 0 bridgehead atoms. The molecule has 5 nitrogen and oxygen atoms in total. The standard InChI is InChI=1S/C6H10O3.H3O2PS2/c1(5-3-8-5)7-2-6-4-9-6;1-3(2,4)5/h5-6H,1-4H2;(H3,1,2,4,5). The highest BCUT2D eigenvalue weighted by Crippen LogP contribution is 2.39. The van der Waals surface area contributed by atoms with Gasteiger partial charge in [0, 0.05) is 0 Å². The Kier molecular flexibility index (Phi) is 5.30. The third kappa shape index (κ3) is 10.9. The summed E-state index contributed by atoms with van der Waals surface area (Å²) in [5.41, 5.74) is -3.11. The van der Waals surface area contributed by atoms with Crippen LogP contribution >= 0.6 is 17.9 Å². The molecule has 2 atom stereocenters. The Balaban J connectivity index is 0.000000171. The fraction of sp³-hybridized carbons (Fsp3) is 1.00. The van der Waals surface area contributed by atoms with Gasteiger partial charge in [0.1, 0.15) is 12.2 Å². The Labute approximate surface area is 92.7 Å². The Bertz CT molecular complexity index is 192. The molecule has 0 saturated carbocycles. The average Bonchev–Trinajstić information content (AvgIpc) is 2.75. The predicted octanol–water partition coefficient (Wildman–Crippen LogP) is -0.0741. The highest BCUT2D eigenvalue weighted by Gasteiger charge is 2.26. The molecule has 2 aliphatic rings. The minimum absolute atomic E-state index is 0.392. The lowest BCUT2D eigenvalue weighted by Gasteiger charge is -1.95. The van der Waals surface area contributed by atoms with Crippen molar-refractivity contribution in [3.63, 3.8) is 0 Å². The van der Waals surface area contributed by atoms with Crippen LogP contribution in [0.15, 0.2) is 0 Å². The van der Waals surface area contributed by atoms with E-state index in [1.54, 1.807) is 0 Å². The quantitative estimate of drug-likeness (QED) is 0.373. The molecule has 0 aromatic carbocycles. The molecular weight excluding hydrogens is 247 g/mol. The molecule has 2 rings (SSSR count). The van der Waals surface area contributed by atoms with Crippen LogP contribution in [0.5, 0.6) is 0 Å². The number of rotatable bonds is 4. The monoisotopic (exact) mass is 260 g/mol. The highest BCUT2D eigenvalue weighted by molar-refractivity contribution is 8.59. The lowest BCUT2D eigenvalue weighted by atomic mass is 10.5. The summed E-state index contributed by atoms with van der Waals surface area (Å²) in [7, 11) is 0. The Morgan fingerprint density at radius 1 is 1.29 bits per heavy atom. The fourth-order valence-electron chi connectivity index (χ4n) is 0.659. The molecule has 2 fully saturated rings. The van der Waals surface area contributed by atoms with Gasteiger partial charge >= 0.3 is 0 Å². The van der Waals surface area contributed by atoms with Crippen molar-refractivity contribution in [1.29, 1.82) is 0 Å². The third-order valence-electron chi connectivity index (χ3n) is 1.41. The molecule has 0 aliphatic carbocycles. The van der Waals surface area contributed by atoms with E-state index in [2.05, 4.69) is 24.1 Å². The van der Waals surface area contributed by atoms with Gasteiger partial charge in [-0.1, -0.05) is 12.2 Å². The van der Waals surface area contributed by atoms with Gasteiger partial charge in [0.05, 0.1) is 26.4 Å². The molecule has 0 aromatic rings. The van der Waals surface area contributed by atoms with Crippen molar-refractivity contribution in [2.75, 3.05) is 26.4 Å². The zero-order valence-electron chi connectivity index (χ0n) is 7.40. The van der Waals surface area contributed by atoms with Gasteiger partial charge in [-0.2, -0.15) is 0 Å². The van der Waals surface area contributed by atoms with Crippen molar-refractivity contribution < 1.29 is 24.0 Å². The minimum Gasteiger partial charge on any atom is -0.376 e. The second-order valence-electron chi connectivity index (χ2n) is 2.96. The molecule has 2 N–H and O–H groups in total. The van der Waals surface area contributed by atoms with Crippen molar-refractivity contribution in [3.05, 3.63) is 0 Å². The maximum Gasteiger partial charge on any atom is 0.239 e. The molecule has 8 heteroatoms. The van der Waals surface area contributed by atoms with Crippen LogP contribution < -0.4 is 0 Å². The van der Waals surface area contributed by atoms with Gasteiger partial charge < -0.3 is 24.0 Å². The highest BCUT2D eigenvalue weighted by atomic mass is 32.9. The van der Waals surface area contributed by atoms with E-state index in [0.29, 0.717) is 12.2 Å². The molecular formula is C6H13O5PS2. The Morgan fingerprint density at radius 3 is 1.79 bits per heavy atom. The summed E-state index contributed by atoms with van der Waals surface area (Å²) >= 11 is 7.07. The Hall–Kier alpha value is 0.800. The van der Waals surface area contributed by atoms with E-state index in [0.717, 1.165) is 26.4 Å². The van der Waals surface area contributed by atoms with Crippen LogP contribution in [0.2, 0.25) is 0 Å².